The lowest BCUT2D eigenvalue weighted by Crippen LogP contribution is -2.29. The third-order valence-electron chi connectivity index (χ3n) is 2.32. The summed E-state index contributed by atoms with van der Waals surface area (Å²) >= 11 is 0.877. The van der Waals surface area contributed by atoms with Gasteiger partial charge < -0.3 is 14.6 Å². The molecule has 0 aliphatic heterocycles. The van der Waals surface area contributed by atoms with Gasteiger partial charge in [0.05, 0.1) is 13.0 Å². The lowest BCUT2D eigenvalue weighted by molar-refractivity contribution is -0.143. The third kappa shape index (κ3) is 3.69. The number of thiazole rings is 1. The summed E-state index contributed by atoms with van der Waals surface area (Å²) in [6.45, 7) is 4.00. The zero-order chi connectivity index (χ0) is 13.7. The van der Waals surface area contributed by atoms with Crippen molar-refractivity contribution < 1.29 is 14.3 Å². The zero-order valence-corrected chi connectivity index (χ0v) is 11.4. The topological polar surface area (TPSA) is 79.5 Å². The maximum absolute atomic E-state index is 12.0. The summed E-state index contributed by atoms with van der Waals surface area (Å²) in [7, 11) is 1.59. The van der Waals surface area contributed by atoms with Gasteiger partial charge in [0.15, 0.2) is 0 Å². The second kappa shape index (κ2) is 6.34. The van der Waals surface area contributed by atoms with Crippen LogP contribution in [0.25, 0.3) is 0 Å². The van der Waals surface area contributed by atoms with E-state index in [0.717, 1.165) is 11.3 Å². The number of rotatable bonds is 5. The summed E-state index contributed by atoms with van der Waals surface area (Å²) < 4.78 is 4.78. The molecule has 0 saturated carbocycles. The maximum Gasteiger partial charge on any atom is 0.307 e. The van der Waals surface area contributed by atoms with Crippen LogP contribution in [0.3, 0.4) is 0 Å². The molecule has 18 heavy (non-hydrogen) atoms. The van der Waals surface area contributed by atoms with Crippen molar-refractivity contribution >= 4 is 23.2 Å². The zero-order valence-electron chi connectivity index (χ0n) is 10.6. The minimum Gasteiger partial charge on any atom is -0.466 e. The van der Waals surface area contributed by atoms with E-state index in [0.29, 0.717) is 17.2 Å². The predicted octanol–water partition coefficient (Wildman–Crippen LogP) is 0.770. The molecule has 0 aliphatic carbocycles. The molecular weight excluding hydrogens is 256 g/mol. The fourth-order valence-electron chi connectivity index (χ4n) is 1.38. The molecule has 0 unspecified atom stereocenters. The summed E-state index contributed by atoms with van der Waals surface area (Å²) in [5, 5.41) is 0. The van der Waals surface area contributed by atoms with Crippen LogP contribution in [0.2, 0.25) is 0 Å². The Labute approximate surface area is 109 Å². The highest BCUT2D eigenvalue weighted by atomic mass is 32.1. The molecule has 0 fully saturated rings. The van der Waals surface area contributed by atoms with E-state index in [1.807, 2.05) is 0 Å². The molecule has 7 heteroatoms. The van der Waals surface area contributed by atoms with E-state index in [4.69, 9.17) is 4.74 Å². The molecule has 1 N–H and O–H groups in total. The van der Waals surface area contributed by atoms with Crippen LogP contribution < -0.4 is 4.87 Å². The first-order valence-corrected chi connectivity index (χ1v) is 6.38. The van der Waals surface area contributed by atoms with Gasteiger partial charge in [-0.05, 0) is 13.8 Å². The monoisotopic (exact) mass is 272 g/mol. The van der Waals surface area contributed by atoms with Crippen molar-refractivity contribution in [2.45, 2.75) is 20.3 Å². The van der Waals surface area contributed by atoms with Crippen molar-refractivity contribution in [2.75, 3.05) is 20.2 Å². The number of carbonyl (C=O) groups is 2. The highest BCUT2D eigenvalue weighted by Gasteiger charge is 2.18. The molecule has 1 amide bonds. The second-order valence-electron chi connectivity index (χ2n) is 3.75. The number of nitrogens with zero attached hydrogens (tertiary/aromatic N) is 1. The van der Waals surface area contributed by atoms with Gasteiger partial charge in [-0.2, -0.15) is 0 Å². The predicted molar refractivity (Wildman–Crippen MR) is 67.9 cm³/mol. The van der Waals surface area contributed by atoms with Crippen molar-refractivity contribution in [3.63, 3.8) is 0 Å². The summed E-state index contributed by atoms with van der Waals surface area (Å²) in [5.41, 5.74) is 0.554. The van der Waals surface area contributed by atoms with E-state index in [2.05, 4.69) is 4.98 Å². The molecule has 1 heterocycles. The SMILES string of the molecule is CCOC(=O)CCN(C)C(=O)c1sc(=O)[nH]c1C. The van der Waals surface area contributed by atoms with E-state index >= 15 is 0 Å². The number of hydrogen-bond donors (Lipinski definition) is 1. The van der Waals surface area contributed by atoms with Crippen LogP contribution in [0.4, 0.5) is 0 Å². The first-order valence-electron chi connectivity index (χ1n) is 5.56. The number of carbonyl (C=O) groups excluding carboxylic acids is 2. The molecule has 1 aromatic rings. The van der Waals surface area contributed by atoms with E-state index in [1.54, 1.807) is 20.9 Å². The van der Waals surface area contributed by atoms with Crippen LogP contribution in [0.15, 0.2) is 4.79 Å². The molecule has 0 radical (unpaired) electrons. The van der Waals surface area contributed by atoms with E-state index < -0.39 is 0 Å². The van der Waals surface area contributed by atoms with Crippen molar-refractivity contribution in [3.05, 3.63) is 20.2 Å². The van der Waals surface area contributed by atoms with Crippen LogP contribution in [0.5, 0.6) is 0 Å². The van der Waals surface area contributed by atoms with Gasteiger partial charge in [0, 0.05) is 19.3 Å². The number of hydrogen-bond acceptors (Lipinski definition) is 5. The molecule has 0 atom stereocenters. The summed E-state index contributed by atoms with van der Waals surface area (Å²) in [6.07, 6.45) is 0.147. The first kappa shape index (κ1) is 14.4. The third-order valence-corrected chi connectivity index (χ3v) is 3.29. The molecule has 1 rings (SSSR count). The van der Waals surface area contributed by atoms with Gasteiger partial charge >= 0.3 is 10.8 Å². The largest absolute Gasteiger partial charge is 0.466 e. The summed E-state index contributed by atoms with van der Waals surface area (Å²) in [5.74, 6) is -0.601. The highest BCUT2D eigenvalue weighted by molar-refractivity contribution is 7.11. The highest BCUT2D eigenvalue weighted by Crippen LogP contribution is 2.11. The number of aryl methyl sites for hydroxylation is 1. The molecule has 1 aromatic heterocycles. The van der Waals surface area contributed by atoms with Gasteiger partial charge in [-0.1, -0.05) is 11.3 Å². The Morgan fingerprint density at radius 3 is 2.61 bits per heavy atom. The lowest BCUT2D eigenvalue weighted by Gasteiger charge is -2.15. The molecule has 0 aromatic carbocycles. The Kier molecular flexibility index (Phi) is 5.08. The molecule has 0 bridgehead atoms. The molecular formula is C11H16N2O4S. The Bertz CT molecular complexity index is 491. The average Bonchev–Trinajstić information content (AvgIpc) is 2.64. The fraction of sp³-hybridized carbons (Fsp3) is 0.545. The smallest absolute Gasteiger partial charge is 0.307 e. The number of aromatic amines is 1. The van der Waals surface area contributed by atoms with Crippen LogP contribution in [-0.4, -0.2) is 42.0 Å². The summed E-state index contributed by atoms with van der Waals surface area (Å²) in [6, 6.07) is 0. The van der Waals surface area contributed by atoms with Gasteiger partial charge in [-0.15, -0.1) is 0 Å². The Morgan fingerprint density at radius 1 is 1.44 bits per heavy atom. The van der Waals surface area contributed by atoms with Crippen molar-refractivity contribution in [1.29, 1.82) is 0 Å². The van der Waals surface area contributed by atoms with E-state index in [-0.39, 0.29) is 29.7 Å². The van der Waals surface area contributed by atoms with Crippen molar-refractivity contribution in [1.82, 2.24) is 9.88 Å². The van der Waals surface area contributed by atoms with Crippen LogP contribution in [-0.2, 0) is 9.53 Å². The Morgan fingerprint density at radius 2 is 2.11 bits per heavy atom. The molecule has 0 saturated heterocycles. The van der Waals surface area contributed by atoms with Gasteiger partial charge in [0.1, 0.15) is 4.88 Å². The van der Waals surface area contributed by atoms with Gasteiger partial charge in [-0.25, -0.2) is 0 Å². The molecule has 0 spiro atoms. The van der Waals surface area contributed by atoms with Crippen molar-refractivity contribution in [3.8, 4) is 0 Å². The minimum atomic E-state index is -0.337. The Hall–Kier alpha value is -1.63. The molecule has 100 valence electrons. The lowest BCUT2D eigenvalue weighted by atomic mass is 10.3. The van der Waals surface area contributed by atoms with Crippen molar-refractivity contribution in [2.24, 2.45) is 0 Å². The van der Waals surface area contributed by atoms with Crippen LogP contribution in [0.1, 0.15) is 28.7 Å². The van der Waals surface area contributed by atoms with Crippen LogP contribution >= 0.6 is 11.3 Å². The average molecular weight is 272 g/mol. The standard InChI is InChI=1S/C11H16N2O4S/c1-4-17-8(14)5-6-13(3)10(15)9-7(2)12-11(16)18-9/h4-6H2,1-3H3,(H,12,16). The van der Waals surface area contributed by atoms with Crippen LogP contribution in [0, 0.1) is 6.92 Å². The molecule has 6 nitrogen and oxygen atoms in total. The number of esters is 1. The van der Waals surface area contributed by atoms with E-state index in [1.165, 1.54) is 4.90 Å². The number of amides is 1. The molecule has 0 aliphatic rings. The second-order valence-corrected chi connectivity index (χ2v) is 4.73. The summed E-state index contributed by atoms with van der Waals surface area (Å²) in [4.78, 5) is 38.3. The fourth-order valence-corrected chi connectivity index (χ4v) is 2.21. The normalized spacial score (nSPS) is 10.2. The number of nitrogens with one attached hydrogen (secondary N) is 1. The quantitative estimate of drug-likeness (QED) is 0.803. The first-order chi connectivity index (χ1) is 8.45. The van der Waals surface area contributed by atoms with Gasteiger partial charge in [0.25, 0.3) is 5.91 Å². The maximum atomic E-state index is 12.0. The number of H-pyrrole nitrogens is 1. The van der Waals surface area contributed by atoms with E-state index in [9.17, 15) is 14.4 Å². The van der Waals surface area contributed by atoms with Gasteiger partial charge in [0.2, 0.25) is 0 Å². The number of aromatic nitrogens is 1. The minimum absolute atomic E-state index is 0.147. The Balaban J connectivity index is 2.59. The van der Waals surface area contributed by atoms with Gasteiger partial charge in [-0.3, -0.25) is 14.4 Å². The number of ether oxygens (including phenoxy) is 1.